The van der Waals surface area contributed by atoms with E-state index in [-0.39, 0.29) is 13.2 Å². The lowest BCUT2D eigenvalue weighted by atomic mass is 10.2. The Bertz CT molecular complexity index is 689. The maximum Gasteiger partial charge on any atom is 0.326 e. The normalized spacial score (nSPS) is 15.3. The molecule has 8 nitrogen and oxygen atoms in total. The Morgan fingerprint density at radius 3 is 2.68 bits per heavy atom. The third kappa shape index (κ3) is 3.48. The molecule has 0 saturated carbocycles. The molecule has 1 aliphatic rings. The number of carbonyl (C=O) groups excluding carboxylic acids is 2. The zero-order valence-electron chi connectivity index (χ0n) is 12.2. The molecule has 9 heteroatoms. The Labute approximate surface area is 128 Å². The SMILES string of the molecule is CC(=O)NC(C)C(=O)NS(=O)(=O)N1CCOc2ccccc21. The van der Waals surface area contributed by atoms with Crippen molar-refractivity contribution < 1.29 is 22.7 Å². The summed E-state index contributed by atoms with van der Waals surface area (Å²) in [5, 5.41) is 2.33. The monoisotopic (exact) mass is 327 g/mol. The van der Waals surface area contributed by atoms with Crippen LogP contribution in [0.25, 0.3) is 0 Å². The molecule has 2 N–H and O–H groups in total. The molecule has 1 aromatic rings. The number of nitrogens with zero attached hydrogens (tertiary/aromatic N) is 1. The fourth-order valence-corrected chi connectivity index (χ4v) is 3.30. The molecule has 0 bridgehead atoms. The molecule has 0 aliphatic carbocycles. The van der Waals surface area contributed by atoms with Crippen molar-refractivity contribution in [3.8, 4) is 5.75 Å². The number of anilines is 1. The fourth-order valence-electron chi connectivity index (χ4n) is 2.03. The summed E-state index contributed by atoms with van der Waals surface area (Å²) in [6.07, 6.45) is 0. The lowest BCUT2D eigenvalue weighted by Gasteiger charge is -2.30. The molecular weight excluding hydrogens is 310 g/mol. The highest BCUT2D eigenvalue weighted by Crippen LogP contribution is 2.32. The van der Waals surface area contributed by atoms with E-state index in [1.54, 1.807) is 24.3 Å². The topological polar surface area (TPSA) is 105 Å². The van der Waals surface area contributed by atoms with E-state index in [0.717, 1.165) is 4.31 Å². The third-order valence-electron chi connectivity index (χ3n) is 3.02. The van der Waals surface area contributed by atoms with Gasteiger partial charge in [0.25, 0.3) is 5.91 Å². The van der Waals surface area contributed by atoms with Crippen molar-refractivity contribution in [1.82, 2.24) is 10.0 Å². The van der Waals surface area contributed by atoms with Gasteiger partial charge in [-0.05, 0) is 19.1 Å². The summed E-state index contributed by atoms with van der Waals surface area (Å²) in [5.74, 6) is -0.794. The minimum atomic E-state index is -4.07. The Hall–Kier alpha value is -2.29. The first-order valence-corrected chi connectivity index (χ1v) is 8.08. The second-order valence-corrected chi connectivity index (χ2v) is 6.38. The molecule has 1 aliphatic heterocycles. The molecule has 1 aromatic carbocycles. The Kier molecular flexibility index (Phi) is 4.55. The second kappa shape index (κ2) is 6.22. The van der Waals surface area contributed by atoms with Crippen LogP contribution in [-0.4, -0.2) is 39.4 Å². The number of ether oxygens (including phenoxy) is 1. The van der Waals surface area contributed by atoms with Gasteiger partial charge in [-0.3, -0.25) is 9.59 Å². The van der Waals surface area contributed by atoms with Crippen LogP contribution in [0.2, 0.25) is 0 Å². The molecule has 22 heavy (non-hydrogen) atoms. The van der Waals surface area contributed by atoms with Gasteiger partial charge in [0, 0.05) is 6.92 Å². The number of rotatable bonds is 4. The Morgan fingerprint density at radius 1 is 1.32 bits per heavy atom. The lowest BCUT2D eigenvalue weighted by Crippen LogP contribution is -2.52. The predicted octanol–water partition coefficient (Wildman–Crippen LogP) is -0.229. The second-order valence-electron chi connectivity index (χ2n) is 4.78. The van der Waals surface area contributed by atoms with Gasteiger partial charge in [-0.25, -0.2) is 9.03 Å². The van der Waals surface area contributed by atoms with Crippen molar-refractivity contribution in [3.63, 3.8) is 0 Å². The standard InChI is InChI=1S/C13H17N3O5S/c1-9(14-10(2)17)13(18)15-22(19,20)16-7-8-21-12-6-4-3-5-11(12)16/h3-6,9H,7-8H2,1-2H3,(H,14,17)(H,15,18). The minimum absolute atomic E-state index is 0.0914. The summed E-state index contributed by atoms with van der Waals surface area (Å²) in [6.45, 7) is 2.93. The van der Waals surface area contributed by atoms with E-state index in [2.05, 4.69) is 5.32 Å². The number of nitrogens with one attached hydrogen (secondary N) is 2. The van der Waals surface area contributed by atoms with Crippen LogP contribution in [0.3, 0.4) is 0 Å². The number of hydrogen-bond acceptors (Lipinski definition) is 5. The van der Waals surface area contributed by atoms with Crippen LogP contribution in [0.1, 0.15) is 13.8 Å². The highest BCUT2D eigenvalue weighted by atomic mass is 32.2. The number of hydrogen-bond donors (Lipinski definition) is 2. The van der Waals surface area contributed by atoms with Gasteiger partial charge in [0.1, 0.15) is 18.4 Å². The van der Waals surface area contributed by atoms with E-state index in [0.29, 0.717) is 11.4 Å². The molecule has 0 aromatic heterocycles. The summed E-state index contributed by atoms with van der Waals surface area (Å²) < 4.78 is 33.2. The zero-order valence-corrected chi connectivity index (χ0v) is 13.0. The van der Waals surface area contributed by atoms with Crippen molar-refractivity contribution in [3.05, 3.63) is 24.3 Å². The van der Waals surface area contributed by atoms with Gasteiger partial charge in [0.2, 0.25) is 5.91 Å². The largest absolute Gasteiger partial charge is 0.489 e. The van der Waals surface area contributed by atoms with E-state index in [9.17, 15) is 18.0 Å². The first kappa shape index (κ1) is 16.1. The van der Waals surface area contributed by atoms with Gasteiger partial charge in [-0.15, -0.1) is 0 Å². The van der Waals surface area contributed by atoms with Gasteiger partial charge in [-0.1, -0.05) is 12.1 Å². The number of benzene rings is 1. The van der Waals surface area contributed by atoms with Crippen molar-refractivity contribution in [2.45, 2.75) is 19.9 Å². The number of para-hydroxylation sites is 2. The first-order valence-electron chi connectivity index (χ1n) is 6.64. The number of fused-ring (bicyclic) bond motifs is 1. The number of carbonyl (C=O) groups is 2. The third-order valence-corrected chi connectivity index (χ3v) is 4.44. The zero-order chi connectivity index (χ0) is 16.3. The highest BCUT2D eigenvalue weighted by molar-refractivity contribution is 7.91. The van der Waals surface area contributed by atoms with E-state index >= 15 is 0 Å². The van der Waals surface area contributed by atoms with Crippen LogP contribution in [-0.2, 0) is 19.8 Å². The van der Waals surface area contributed by atoms with Gasteiger partial charge in [0.15, 0.2) is 0 Å². The van der Waals surface area contributed by atoms with Crippen molar-refractivity contribution >= 4 is 27.7 Å². The average molecular weight is 327 g/mol. The van der Waals surface area contributed by atoms with E-state index in [1.165, 1.54) is 13.8 Å². The number of amides is 2. The van der Waals surface area contributed by atoms with Crippen LogP contribution < -0.4 is 19.1 Å². The minimum Gasteiger partial charge on any atom is -0.489 e. The molecule has 0 radical (unpaired) electrons. The molecule has 0 saturated heterocycles. The van der Waals surface area contributed by atoms with Crippen LogP contribution in [0.5, 0.6) is 5.75 Å². The Morgan fingerprint density at radius 2 is 2.00 bits per heavy atom. The molecule has 2 amide bonds. The van der Waals surface area contributed by atoms with Gasteiger partial charge >= 0.3 is 10.2 Å². The molecule has 1 atom stereocenters. The molecule has 2 rings (SSSR count). The summed E-state index contributed by atoms with van der Waals surface area (Å²) >= 11 is 0. The summed E-state index contributed by atoms with van der Waals surface area (Å²) in [5.41, 5.74) is 0.362. The lowest BCUT2D eigenvalue weighted by molar-refractivity contribution is -0.126. The van der Waals surface area contributed by atoms with Crippen LogP contribution in [0.4, 0.5) is 5.69 Å². The van der Waals surface area contributed by atoms with E-state index in [1.807, 2.05) is 4.72 Å². The fraction of sp³-hybridized carbons (Fsp3) is 0.385. The Balaban J connectivity index is 2.18. The molecule has 120 valence electrons. The van der Waals surface area contributed by atoms with Crippen LogP contribution >= 0.6 is 0 Å². The summed E-state index contributed by atoms with van der Waals surface area (Å²) in [7, 11) is -4.07. The molecule has 0 fully saturated rings. The smallest absolute Gasteiger partial charge is 0.326 e. The first-order chi connectivity index (χ1) is 10.3. The highest BCUT2D eigenvalue weighted by Gasteiger charge is 2.31. The summed E-state index contributed by atoms with van der Waals surface area (Å²) in [4.78, 5) is 22.8. The van der Waals surface area contributed by atoms with E-state index < -0.39 is 28.1 Å². The molecule has 1 heterocycles. The van der Waals surface area contributed by atoms with Crippen molar-refractivity contribution in [2.24, 2.45) is 0 Å². The van der Waals surface area contributed by atoms with Crippen LogP contribution in [0.15, 0.2) is 24.3 Å². The molecular formula is C13H17N3O5S. The quantitative estimate of drug-likeness (QED) is 0.795. The maximum absolute atomic E-state index is 12.4. The predicted molar refractivity (Wildman–Crippen MR) is 79.6 cm³/mol. The molecule has 0 spiro atoms. The van der Waals surface area contributed by atoms with Crippen molar-refractivity contribution in [1.29, 1.82) is 0 Å². The van der Waals surface area contributed by atoms with Gasteiger partial charge in [0.05, 0.1) is 12.2 Å². The van der Waals surface area contributed by atoms with Crippen molar-refractivity contribution in [2.75, 3.05) is 17.5 Å². The molecule has 1 unspecified atom stereocenters. The maximum atomic E-state index is 12.4. The van der Waals surface area contributed by atoms with Gasteiger partial charge < -0.3 is 10.1 Å². The van der Waals surface area contributed by atoms with Crippen LogP contribution in [0, 0.1) is 0 Å². The van der Waals surface area contributed by atoms with Gasteiger partial charge in [-0.2, -0.15) is 8.42 Å². The van der Waals surface area contributed by atoms with E-state index in [4.69, 9.17) is 4.74 Å². The average Bonchev–Trinajstić information content (AvgIpc) is 2.45. The summed E-state index contributed by atoms with van der Waals surface area (Å²) in [6, 6.07) is 5.70.